The Kier molecular flexibility index (Phi) is 5.00. The van der Waals surface area contributed by atoms with Crippen LogP contribution in [0.2, 0.25) is 0 Å². The van der Waals surface area contributed by atoms with Crippen molar-refractivity contribution in [2.45, 2.75) is 20.3 Å². The van der Waals surface area contributed by atoms with Crippen molar-refractivity contribution in [3.05, 3.63) is 29.3 Å². The van der Waals surface area contributed by atoms with Crippen molar-refractivity contribution < 1.29 is 9.53 Å². The van der Waals surface area contributed by atoms with E-state index in [1.165, 1.54) is 6.21 Å². The van der Waals surface area contributed by atoms with E-state index in [2.05, 4.69) is 17.5 Å². The molecule has 0 unspecified atom stereocenters. The van der Waals surface area contributed by atoms with Crippen LogP contribution in [0.15, 0.2) is 23.3 Å². The highest BCUT2D eigenvalue weighted by Gasteiger charge is 2.00. The summed E-state index contributed by atoms with van der Waals surface area (Å²) in [6.45, 7) is 4.71. The van der Waals surface area contributed by atoms with Gasteiger partial charge in [0.05, 0.1) is 12.8 Å². The van der Waals surface area contributed by atoms with Gasteiger partial charge in [0.25, 0.3) is 0 Å². The molecule has 0 radical (unpaired) electrons. The van der Waals surface area contributed by atoms with E-state index in [0.717, 1.165) is 23.3 Å². The first-order chi connectivity index (χ1) is 8.13. The van der Waals surface area contributed by atoms with Gasteiger partial charge in [-0.15, -0.1) is 0 Å². The Hall–Kier alpha value is -2.04. The number of amides is 2. The molecule has 0 bridgehead atoms. The number of primary amides is 1. The van der Waals surface area contributed by atoms with Crippen molar-refractivity contribution in [1.29, 1.82) is 0 Å². The first-order valence-corrected chi connectivity index (χ1v) is 5.45. The summed E-state index contributed by atoms with van der Waals surface area (Å²) in [5.41, 5.74) is 8.94. The smallest absolute Gasteiger partial charge is 0.332 e. The number of hydrogen-bond donors (Lipinski definition) is 2. The molecule has 0 saturated carbocycles. The molecule has 0 aliphatic rings. The van der Waals surface area contributed by atoms with Gasteiger partial charge >= 0.3 is 6.03 Å². The average molecular weight is 235 g/mol. The second-order valence-corrected chi connectivity index (χ2v) is 3.61. The third-order valence-corrected chi connectivity index (χ3v) is 2.06. The van der Waals surface area contributed by atoms with Crippen molar-refractivity contribution in [3.8, 4) is 5.75 Å². The van der Waals surface area contributed by atoms with Gasteiger partial charge in [0.15, 0.2) is 0 Å². The normalized spacial score (nSPS) is 10.5. The maximum atomic E-state index is 10.4. The fourth-order valence-electron chi connectivity index (χ4n) is 1.23. The quantitative estimate of drug-likeness (QED) is 0.603. The van der Waals surface area contributed by atoms with Gasteiger partial charge in [-0.25, -0.2) is 10.2 Å². The van der Waals surface area contributed by atoms with E-state index in [1.807, 2.05) is 25.1 Å². The highest BCUT2D eigenvalue weighted by Crippen LogP contribution is 2.18. The number of benzene rings is 1. The van der Waals surface area contributed by atoms with Gasteiger partial charge in [-0.05, 0) is 30.5 Å². The van der Waals surface area contributed by atoms with Gasteiger partial charge in [-0.3, -0.25) is 0 Å². The topological polar surface area (TPSA) is 76.7 Å². The molecule has 0 saturated heterocycles. The molecule has 0 atom stereocenters. The van der Waals surface area contributed by atoms with Crippen molar-refractivity contribution in [1.82, 2.24) is 5.43 Å². The molecule has 1 aromatic carbocycles. The zero-order chi connectivity index (χ0) is 12.7. The first kappa shape index (κ1) is 13.0. The van der Waals surface area contributed by atoms with E-state index in [0.29, 0.717) is 6.61 Å². The summed E-state index contributed by atoms with van der Waals surface area (Å²) in [5, 5.41) is 3.69. The maximum absolute atomic E-state index is 10.4. The molecular weight excluding hydrogens is 218 g/mol. The standard InChI is InChI=1S/C12H17N3O2/c1-3-6-17-11-7-10(5-4-9(11)2)8-14-15-12(13)16/h4-5,7-8H,3,6H2,1-2H3,(H3,13,15,16). The Morgan fingerprint density at radius 2 is 2.35 bits per heavy atom. The number of rotatable bonds is 5. The molecule has 17 heavy (non-hydrogen) atoms. The summed E-state index contributed by atoms with van der Waals surface area (Å²) in [6, 6.07) is 5.02. The molecule has 0 aromatic heterocycles. The van der Waals surface area contributed by atoms with Gasteiger partial charge in [0, 0.05) is 0 Å². The van der Waals surface area contributed by atoms with E-state index < -0.39 is 6.03 Å². The Balaban J connectivity index is 2.73. The fourth-order valence-corrected chi connectivity index (χ4v) is 1.23. The molecule has 0 aliphatic carbocycles. The molecule has 5 nitrogen and oxygen atoms in total. The van der Waals surface area contributed by atoms with Crippen molar-refractivity contribution in [3.63, 3.8) is 0 Å². The number of carbonyl (C=O) groups is 1. The third kappa shape index (κ3) is 4.55. The predicted molar refractivity (Wildman–Crippen MR) is 67.3 cm³/mol. The zero-order valence-electron chi connectivity index (χ0n) is 10.1. The molecule has 0 fully saturated rings. The number of urea groups is 1. The van der Waals surface area contributed by atoms with Crippen LogP contribution in [0.5, 0.6) is 5.75 Å². The van der Waals surface area contributed by atoms with Gasteiger partial charge in [0.1, 0.15) is 5.75 Å². The molecule has 1 rings (SSSR count). The summed E-state index contributed by atoms with van der Waals surface area (Å²) in [6.07, 6.45) is 2.48. The Bertz CT molecular complexity index is 416. The molecule has 0 aliphatic heterocycles. The summed E-state index contributed by atoms with van der Waals surface area (Å²) < 4.78 is 5.58. The zero-order valence-corrected chi connectivity index (χ0v) is 10.1. The van der Waals surface area contributed by atoms with Crippen LogP contribution >= 0.6 is 0 Å². The van der Waals surface area contributed by atoms with Gasteiger partial charge in [-0.2, -0.15) is 5.10 Å². The Labute approximate surface area is 101 Å². The Morgan fingerprint density at radius 1 is 1.59 bits per heavy atom. The minimum Gasteiger partial charge on any atom is -0.493 e. The lowest BCUT2D eigenvalue weighted by Gasteiger charge is -2.08. The lowest BCUT2D eigenvalue weighted by atomic mass is 10.1. The van der Waals surface area contributed by atoms with Crippen LogP contribution in [-0.2, 0) is 0 Å². The summed E-state index contributed by atoms with van der Waals surface area (Å²) in [7, 11) is 0. The van der Waals surface area contributed by atoms with Crippen LogP contribution in [0.4, 0.5) is 4.79 Å². The van der Waals surface area contributed by atoms with E-state index in [-0.39, 0.29) is 0 Å². The largest absolute Gasteiger partial charge is 0.493 e. The van der Waals surface area contributed by atoms with Crippen molar-refractivity contribution >= 4 is 12.2 Å². The third-order valence-electron chi connectivity index (χ3n) is 2.06. The number of nitrogens with one attached hydrogen (secondary N) is 1. The first-order valence-electron chi connectivity index (χ1n) is 5.45. The molecule has 0 heterocycles. The van der Waals surface area contributed by atoms with Crippen LogP contribution in [0.25, 0.3) is 0 Å². The van der Waals surface area contributed by atoms with Gasteiger partial charge in [-0.1, -0.05) is 19.1 Å². The van der Waals surface area contributed by atoms with Crippen LogP contribution in [0, 0.1) is 6.92 Å². The molecule has 5 heteroatoms. The predicted octanol–water partition coefficient (Wildman–Crippen LogP) is 1.79. The number of nitrogens with two attached hydrogens (primary N) is 1. The van der Waals surface area contributed by atoms with E-state index in [1.54, 1.807) is 0 Å². The Morgan fingerprint density at radius 3 is 3.00 bits per heavy atom. The minimum atomic E-state index is -0.684. The van der Waals surface area contributed by atoms with Crippen molar-refractivity contribution in [2.75, 3.05) is 6.61 Å². The molecule has 0 spiro atoms. The number of hydrogen-bond acceptors (Lipinski definition) is 3. The van der Waals surface area contributed by atoms with Crippen LogP contribution in [0.3, 0.4) is 0 Å². The average Bonchev–Trinajstić information content (AvgIpc) is 2.29. The molecular formula is C12H17N3O2. The van der Waals surface area contributed by atoms with Crippen molar-refractivity contribution in [2.24, 2.45) is 10.8 Å². The number of aryl methyl sites for hydroxylation is 1. The van der Waals surface area contributed by atoms with E-state index >= 15 is 0 Å². The molecule has 92 valence electrons. The lowest BCUT2D eigenvalue weighted by molar-refractivity contribution is 0.249. The number of ether oxygens (including phenoxy) is 1. The number of hydrazone groups is 1. The minimum absolute atomic E-state index is 0.682. The molecule has 1 aromatic rings. The number of nitrogens with zero attached hydrogens (tertiary/aromatic N) is 1. The van der Waals surface area contributed by atoms with E-state index in [9.17, 15) is 4.79 Å². The SMILES string of the molecule is CCCOc1cc(C=NNC(N)=O)ccc1C. The van der Waals surface area contributed by atoms with Crippen LogP contribution in [-0.4, -0.2) is 18.9 Å². The summed E-state index contributed by atoms with van der Waals surface area (Å²) in [4.78, 5) is 10.4. The van der Waals surface area contributed by atoms with Crippen LogP contribution < -0.4 is 15.9 Å². The highest BCUT2D eigenvalue weighted by molar-refractivity contribution is 5.82. The highest BCUT2D eigenvalue weighted by atomic mass is 16.5. The number of carbonyl (C=O) groups excluding carboxylic acids is 1. The van der Waals surface area contributed by atoms with Gasteiger partial charge < -0.3 is 10.5 Å². The molecule has 3 N–H and O–H groups in total. The second kappa shape index (κ2) is 6.52. The van der Waals surface area contributed by atoms with Gasteiger partial charge in [0.2, 0.25) is 0 Å². The van der Waals surface area contributed by atoms with E-state index in [4.69, 9.17) is 10.5 Å². The fraction of sp³-hybridized carbons (Fsp3) is 0.333. The summed E-state index contributed by atoms with van der Waals surface area (Å²) in [5.74, 6) is 0.829. The lowest BCUT2D eigenvalue weighted by Crippen LogP contribution is -2.24. The van der Waals surface area contributed by atoms with Crippen LogP contribution in [0.1, 0.15) is 24.5 Å². The monoisotopic (exact) mass is 235 g/mol. The second-order valence-electron chi connectivity index (χ2n) is 3.61. The maximum Gasteiger partial charge on any atom is 0.332 e. The molecule has 2 amide bonds. The summed E-state index contributed by atoms with van der Waals surface area (Å²) >= 11 is 0.